The molecular weight excluding hydrogens is 356 g/mol. The zero-order valence-corrected chi connectivity index (χ0v) is 17.7. The number of carbonyl (C=O) groups is 2. The zero-order chi connectivity index (χ0) is 20.7. The molecule has 2 rings (SSSR count). The highest BCUT2D eigenvalue weighted by Crippen LogP contribution is 2.19. The number of ether oxygens (including phenoxy) is 2. The smallest absolute Gasteiger partial charge is 0.409 e. The van der Waals surface area contributed by atoms with Gasteiger partial charge in [0.2, 0.25) is 0 Å². The van der Waals surface area contributed by atoms with E-state index >= 15 is 0 Å². The van der Waals surface area contributed by atoms with Gasteiger partial charge in [-0.1, -0.05) is 39.8 Å². The lowest BCUT2D eigenvalue weighted by atomic mass is 10.0. The Kier molecular flexibility index (Phi) is 8.15. The van der Waals surface area contributed by atoms with E-state index in [1.807, 2.05) is 38.1 Å². The first-order chi connectivity index (χ1) is 13.3. The number of likely N-dealkylation sites (tertiary alicyclic amines) is 1. The van der Waals surface area contributed by atoms with Crippen LogP contribution in [-0.2, 0) is 9.53 Å². The molecule has 0 saturated carbocycles. The van der Waals surface area contributed by atoms with Crippen molar-refractivity contribution < 1.29 is 19.1 Å². The molecule has 0 spiro atoms. The number of carbonyl (C=O) groups excluding carboxylic acids is 2. The molecule has 1 aliphatic heterocycles. The van der Waals surface area contributed by atoms with Gasteiger partial charge in [-0.15, -0.1) is 0 Å². The molecule has 0 aromatic heterocycles. The summed E-state index contributed by atoms with van der Waals surface area (Å²) in [5.74, 6) is 1.34. The van der Waals surface area contributed by atoms with Crippen LogP contribution in [0.2, 0.25) is 0 Å². The lowest BCUT2D eigenvalue weighted by Gasteiger charge is -2.32. The summed E-state index contributed by atoms with van der Waals surface area (Å²) < 4.78 is 11.0. The number of piperidine rings is 1. The van der Waals surface area contributed by atoms with Crippen molar-refractivity contribution in [3.8, 4) is 5.75 Å². The molecule has 1 atom stereocenters. The van der Waals surface area contributed by atoms with E-state index in [2.05, 4.69) is 19.2 Å². The number of nitrogens with one attached hydrogen (secondary N) is 1. The van der Waals surface area contributed by atoms with Gasteiger partial charge in [-0.25, -0.2) is 4.79 Å². The zero-order valence-electron chi connectivity index (χ0n) is 17.7. The average Bonchev–Trinajstić information content (AvgIpc) is 2.67. The topological polar surface area (TPSA) is 67.9 Å². The fraction of sp³-hybridized carbons (Fsp3) is 0.636. The van der Waals surface area contributed by atoms with Crippen molar-refractivity contribution in [2.45, 2.75) is 65.5 Å². The number of nitrogens with zero attached hydrogens (tertiary/aromatic N) is 1. The molecule has 1 saturated heterocycles. The van der Waals surface area contributed by atoms with Crippen molar-refractivity contribution >= 4 is 12.0 Å². The Morgan fingerprint density at radius 3 is 2.21 bits per heavy atom. The molecule has 156 valence electrons. The van der Waals surface area contributed by atoms with Crippen LogP contribution in [0.15, 0.2) is 24.3 Å². The Bertz CT molecular complexity index is 634. The quantitative estimate of drug-likeness (QED) is 0.765. The van der Waals surface area contributed by atoms with E-state index in [9.17, 15) is 9.59 Å². The highest BCUT2D eigenvalue weighted by atomic mass is 16.6. The molecule has 1 fully saturated rings. The second kappa shape index (κ2) is 10.3. The third kappa shape index (κ3) is 6.73. The minimum atomic E-state index is -0.570. The summed E-state index contributed by atoms with van der Waals surface area (Å²) in [6, 6.07) is 7.91. The van der Waals surface area contributed by atoms with Crippen LogP contribution in [-0.4, -0.2) is 48.7 Å². The van der Waals surface area contributed by atoms with Crippen LogP contribution < -0.4 is 10.1 Å². The minimum Gasteiger partial charge on any atom is -0.481 e. The molecule has 0 aliphatic carbocycles. The minimum absolute atomic E-state index is 0.0519. The second-order valence-electron chi connectivity index (χ2n) is 8.22. The summed E-state index contributed by atoms with van der Waals surface area (Å²) in [5, 5.41) is 3.04. The molecule has 2 amide bonds. The summed E-state index contributed by atoms with van der Waals surface area (Å²) in [4.78, 5) is 26.2. The summed E-state index contributed by atoms with van der Waals surface area (Å²) in [7, 11) is 0. The van der Waals surface area contributed by atoms with Gasteiger partial charge in [-0.2, -0.15) is 0 Å². The molecule has 1 N–H and O–H groups in total. The van der Waals surface area contributed by atoms with Crippen molar-refractivity contribution in [2.24, 2.45) is 5.92 Å². The normalized spacial score (nSPS) is 16.2. The SMILES string of the molecule is CC(C)COC(=O)N1CCC(NC(=O)C(C)Oc2ccc(C(C)C)cc2)CC1. The van der Waals surface area contributed by atoms with Crippen LogP contribution >= 0.6 is 0 Å². The lowest BCUT2D eigenvalue weighted by molar-refractivity contribution is -0.128. The number of hydrogen-bond acceptors (Lipinski definition) is 4. The number of hydrogen-bond donors (Lipinski definition) is 1. The molecule has 6 heteroatoms. The van der Waals surface area contributed by atoms with Gasteiger partial charge < -0.3 is 19.7 Å². The van der Waals surface area contributed by atoms with Gasteiger partial charge in [0.1, 0.15) is 5.75 Å². The van der Waals surface area contributed by atoms with Crippen LogP contribution in [0.1, 0.15) is 58.9 Å². The maximum Gasteiger partial charge on any atom is 0.409 e. The lowest BCUT2D eigenvalue weighted by Crippen LogP contribution is -2.49. The molecule has 6 nitrogen and oxygen atoms in total. The maximum atomic E-state index is 12.4. The summed E-state index contributed by atoms with van der Waals surface area (Å²) in [6.45, 7) is 11.7. The van der Waals surface area contributed by atoms with E-state index in [0.717, 1.165) is 12.8 Å². The standard InChI is InChI=1S/C22H34N2O4/c1-15(2)14-27-22(26)24-12-10-19(11-13-24)23-21(25)17(5)28-20-8-6-18(7-9-20)16(3)4/h6-9,15-17,19H,10-14H2,1-5H3,(H,23,25). The van der Waals surface area contributed by atoms with Crippen molar-refractivity contribution in [1.29, 1.82) is 0 Å². The third-order valence-corrected chi connectivity index (χ3v) is 4.87. The summed E-state index contributed by atoms with van der Waals surface area (Å²) in [6.07, 6.45) is 0.607. The molecule has 28 heavy (non-hydrogen) atoms. The third-order valence-electron chi connectivity index (χ3n) is 4.87. The Morgan fingerprint density at radius 2 is 1.68 bits per heavy atom. The van der Waals surface area contributed by atoms with Crippen LogP contribution in [0.4, 0.5) is 4.79 Å². The van der Waals surface area contributed by atoms with E-state index in [1.165, 1.54) is 5.56 Å². The van der Waals surface area contributed by atoms with Gasteiger partial charge in [-0.3, -0.25) is 4.79 Å². The average molecular weight is 391 g/mol. The van der Waals surface area contributed by atoms with E-state index in [4.69, 9.17) is 9.47 Å². The van der Waals surface area contributed by atoms with Gasteiger partial charge in [0, 0.05) is 19.1 Å². The van der Waals surface area contributed by atoms with Gasteiger partial charge in [0.15, 0.2) is 6.10 Å². The van der Waals surface area contributed by atoms with E-state index in [-0.39, 0.29) is 18.0 Å². The molecular formula is C22H34N2O4. The second-order valence-corrected chi connectivity index (χ2v) is 8.22. The highest BCUT2D eigenvalue weighted by molar-refractivity contribution is 5.81. The van der Waals surface area contributed by atoms with Crippen molar-refractivity contribution in [2.75, 3.05) is 19.7 Å². The number of benzene rings is 1. The number of amides is 2. The van der Waals surface area contributed by atoms with Crippen molar-refractivity contribution in [3.63, 3.8) is 0 Å². The van der Waals surface area contributed by atoms with E-state index in [0.29, 0.717) is 37.3 Å². The first-order valence-electron chi connectivity index (χ1n) is 10.2. The Hall–Kier alpha value is -2.24. The van der Waals surface area contributed by atoms with Gasteiger partial charge >= 0.3 is 6.09 Å². The predicted molar refractivity (Wildman–Crippen MR) is 110 cm³/mol. The van der Waals surface area contributed by atoms with Gasteiger partial charge in [-0.05, 0) is 49.3 Å². The van der Waals surface area contributed by atoms with Crippen molar-refractivity contribution in [3.05, 3.63) is 29.8 Å². The van der Waals surface area contributed by atoms with Crippen LogP contribution in [0, 0.1) is 5.92 Å². The van der Waals surface area contributed by atoms with Crippen LogP contribution in [0.3, 0.4) is 0 Å². The largest absolute Gasteiger partial charge is 0.481 e. The fourth-order valence-electron chi connectivity index (χ4n) is 3.04. The Labute approximate surface area is 168 Å². The van der Waals surface area contributed by atoms with Gasteiger partial charge in [0.05, 0.1) is 6.61 Å². The van der Waals surface area contributed by atoms with Gasteiger partial charge in [0.25, 0.3) is 5.91 Å². The molecule has 1 heterocycles. The fourth-order valence-corrected chi connectivity index (χ4v) is 3.04. The Balaban J connectivity index is 1.75. The first kappa shape index (κ1) is 22.1. The Morgan fingerprint density at radius 1 is 1.07 bits per heavy atom. The molecule has 0 bridgehead atoms. The molecule has 1 unspecified atom stereocenters. The number of rotatable bonds is 7. The molecule has 1 aliphatic rings. The van der Waals surface area contributed by atoms with Crippen molar-refractivity contribution in [1.82, 2.24) is 10.2 Å². The summed E-state index contributed by atoms with van der Waals surface area (Å²) in [5.41, 5.74) is 1.24. The van der Waals surface area contributed by atoms with E-state index < -0.39 is 6.10 Å². The predicted octanol–water partition coefficient (Wildman–Crippen LogP) is 3.95. The monoisotopic (exact) mass is 390 g/mol. The summed E-state index contributed by atoms with van der Waals surface area (Å²) >= 11 is 0. The molecule has 1 aromatic rings. The van der Waals surface area contributed by atoms with Crippen LogP contribution in [0.25, 0.3) is 0 Å². The maximum absolute atomic E-state index is 12.4. The highest BCUT2D eigenvalue weighted by Gasteiger charge is 2.26. The van der Waals surface area contributed by atoms with E-state index in [1.54, 1.807) is 11.8 Å². The first-order valence-corrected chi connectivity index (χ1v) is 10.2. The molecule has 0 radical (unpaired) electrons. The molecule has 1 aromatic carbocycles. The van der Waals surface area contributed by atoms with Crippen LogP contribution in [0.5, 0.6) is 5.75 Å².